The molecule has 0 aromatic heterocycles. The Morgan fingerprint density at radius 2 is 2.12 bits per heavy atom. The minimum atomic E-state index is -0.539. The van der Waals surface area contributed by atoms with Crippen LogP contribution in [0.3, 0.4) is 0 Å². The van der Waals surface area contributed by atoms with Crippen LogP contribution in [-0.4, -0.2) is 42.1 Å². The van der Waals surface area contributed by atoms with Crippen LogP contribution in [-0.2, 0) is 16.0 Å². The molecule has 132 valence electrons. The molecular formula is C18H25FN2O3. The van der Waals surface area contributed by atoms with E-state index < -0.39 is 5.60 Å². The van der Waals surface area contributed by atoms with Gasteiger partial charge in [-0.25, -0.2) is 9.18 Å². The molecule has 1 aliphatic rings. The van der Waals surface area contributed by atoms with Gasteiger partial charge in [-0.15, -0.1) is 0 Å². The summed E-state index contributed by atoms with van der Waals surface area (Å²) in [7, 11) is 0. The topological polar surface area (TPSA) is 58.6 Å². The van der Waals surface area contributed by atoms with Crippen molar-refractivity contribution in [1.82, 2.24) is 10.2 Å². The molecule has 0 radical (unpaired) electrons. The van der Waals surface area contributed by atoms with Gasteiger partial charge in [0.2, 0.25) is 5.91 Å². The monoisotopic (exact) mass is 336 g/mol. The quantitative estimate of drug-likeness (QED) is 0.920. The number of hydrogen-bond acceptors (Lipinski definition) is 3. The molecule has 2 amide bonds. The Bertz CT molecular complexity index is 598. The number of rotatable bonds is 4. The fourth-order valence-corrected chi connectivity index (χ4v) is 2.63. The number of hydrogen-bond donors (Lipinski definition) is 1. The van der Waals surface area contributed by atoms with E-state index in [1.807, 2.05) is 26.8 Å². The molecule has 1 heterocycles. The molecule has 1 aromatic rings. The van der Waals surface area contributed by atoms with Crippen LogP contribution in [0.2, 0.25) is 0 Å². The second-order valence-electron chi connectivity index (χ2n) is 7.08. The zero-order chi connectivity index (χ0) is 17.7. The van der Waals surface area contributed by atoms with E-state index in [-0.39, 0.29) is 23.7 Å². The van der Waals surface area contributed by atoms with Gasteiger partial charge in [0.25, 0.3) is 0 Å². The molecule has 1 N–H and O–H groups in total. The van der Waals surface area contributed by atoms with Gasteiger partial charge >= 0.3 is 6.09 Å². The third kappa shape index (κ3) is 5.51. The maximum atomic E-state index is 13.1. The SMILES string of the molecule is CC(C)(C)OC(=O)N1CCC(C(=O)NCCc2cccc(F)c2)C1. The molecule has 24 heavy (non-hydrogen) atoms. The van der Waals surface area contributed by atoms with Crippen molar-refractivity contribution < 1.29 is 18.7 Å². The summed E-state index contributed by atoms with van der Waals surface area (Å²) in [4.78, 5) is 25.8. The first-order chi connectivity index (χ1) is 11.2. The highest BCUT2D eigenvalue weighted by atomic mass is 19.1. The number of carbonyl (C=O) groups is 2. The van der Waals surface area contributed by atoms with Crippen LogP contribution in [0.5, 0.6) is 0 Å². The lowest BCUT2D eigenvalue weighted by molar-refractivity contribution is -0.124. The van der Waals surface area contributed by atoms with E-state index in [1.165, 1.54) is 12.1 Å². The van der Waals surface area contributed by atoms with Crippen molar-refractivity contribution >= 4 is 12.0 Å². The first-order valence-electron chi connectivity index (χ1n) is 8.25. The third-order valence-corrected chi connectivity index (χ3v) is 3.81. The molecule has 2 rings (SSSR count). The summed E-state index contributed by atoms with van der Waals surface area (Å²) in [5.74, 6) is -0.565. The second kappa shape index (κ2) is 7.64. The van der Waals surface area contributed by atoms with Crippen LogP contribution in [0.1, 0.15) is 32.8 Å². The minimum absolute atomic E-state index is 0.0718. The van der Waals surface area contributed by atoms with Crippen LogP contribution in [0.4, 0.5) is 9.18 Å². The maximum Gasteiger partial charge on any atom is 0.410 e. The van der Waals surface area contributed by atoms with E-state index in [4.69, 9.17) is 4.74 Å². The summed E-state index contributed by atoms with van der Waals surface area (Å²) in [5, 5.41) is 2.86. The van der Waals surface area contributed by atoms with Crippen molar-refractivity contribution in [3.05, 3.63) is 35.6 Å². The first-order valence-corrected chi connectivity index (χ1v) is 8.25. The molecule has 1 saturated heterocycles. The fraction of sp³-hybridized carbons (Fsp3) is 0.556. The van der Waals surface area contributed by atoms with E-state index >= 15 is 0 Å². The van der Waals surface area contributed by atoms with Crippen molar-refractivity contribution in [2.75, 3.05) is 19.6 Å². The van der Waals surface area contributed by atoms with Gasteiger partial charge in [-0.1, -0.05) is 12.1 Å². The molecule has 6 heteroatoms. The van der Waals surface area contributed by atoms with Crippen LogP contribution in [0.25, 0.3) is 0 Å². The summed E-state index contributed by atoms with van der Waals surface area (Å²) in [6.07, 6.45) is 0.828. The summed E-state index contributed by atoms with van der Waals surface area (Å²) in [6, 6.07) is 6.34. The Balaban J connectivity index is 1.75. The maximum absolute atomic E-state index is 13.1. The third-order valence-electron chi connectivity index (χ3n) is 3.81. The first kappa shape index (κ1) is 18.2. The summed E-state index contributed by atoms with van der Waals surface area (Å²) in [5.41, 5.74) is 0.305. The number of ether oxygens (including phenoxy) is 1. The number of likely N-dealkylation sites (tertiary alicyclic amines) is 1. The van der Waals surface area contributed by atoms with Gasteiger partial charge in [-0.2, -0.15) is 0 Å². The second-order valence-corrected chi connectivity index (χ2v) is 7.08. The number of halogens is 1. The number of amides is 2. The molecule has 1 fully saturated rings. The minimum Gasteiger partial charge on any atom is -0.444 e. The average molecular weight is 336 g/mol. The van der Waals surface area contributed by atoms with Crippen molar-refractivity contribution in [2.24, 2.45) is 5.92 Å². The zero-order valence-electron chi connectivity index (χ0n) is 14.5. The van der Waals surface area contributed by atoms with Crippen LogP contribution < -0.4 is 5.32 Å². The fourth-order valence-electron chi connectivity index (χ4n) is 2.63. The van der Waals surface area contributed by atoms with Crippen molar-refractivity contribution in [2.45, 2.75) is 39.2 Å². The largest absolute Gasteiger partial charge is 0.444 e. The van der Waals surface area contributed by atoms with Gasteiger partial charge in [0.1, 0.15) is 11.4 Å². The molecule has 1 unspecified atom stereocenters. The van der Waals surface area contributed by atoms with E-state index in [9.17, 15) is 14.0 Å². The highest BCUT2D eigenvalue weighted by Gasteiger charge is 2.33. The van der Waals surface area contributed by atoms with E-state index in [1.54, 1.807) is 11.0 Å². The lowest BCUT2D eigenvalue weighted by Gasteiger charge is -2.24. The van der Waals surface area contributed by atoms with Crippen LogP contribution >= 0.6 is 0 Å². The lowest BCUT2D eigenvalue weighted by Crippen LogP contribution is -2.38. The van der Waals surface area contributed by atoms with E-state index in [2.05, 4.69) is 5.32 Å². The van der Waals surface area contributed by atoms with Gasteiger partial charge in [0, 0.05) is 19.6 Å². The summed E-state index contributed by atoms with van der Waals surface area (Å²) in [6.45, 7) is 6.80. The predicted molar refractivity (Wildman–Crippen MR) is 89.0 cm³/mol. The average Bonchev–Trinajstić information content (AvgIpc) is 2.95. The molecule has 5 nitrogen and oxygen atoms in total. The normalized spacial score (nSPS) is 17.7. The van der Waals surface area contributed by atoms with Crippen molar-refractivity contribution in [3.8, 4) is 0 Å². The van der Waals surface area contributed by atoms with Gasteiger partial charge in [-0.05, 0) is 51.3 Å². The predicted octanol–water partition coefficient (Wildman–Crippen LogP) is 2.74. The summed E-state index contributed by atoms with van der Waals surface area (Å²) < 4.78 is 18.4. The Hall–Kier alpha value is -2.11. The molecule has 0 saturated carbocycles. The van der Waals surface area contributed by atoms with E-state index in [0.717, 1.165) is 5.56 Å². The Morgan fingerprint density at radius 3 is 2.79 bits per heavy atom. The number of nitrogens with one attached hydrogen (secondary N) is 1. The Morgan fingerprint density at radius 1 is 1.38 bits per heavy atom. The number of benzene rings is 1. The van der Waals surface area contributed by atoms with E-state index in [0.29, 0.717) is 32.5 Å². The molecular weight excluding hydrogens is 311 g/mol. The Labute approximate surface area is 142 Å². The van der Waals surface area contributed by atoms with Gasteiger partial charge in [-0.3, -0.25) is 4.79 Å². The molecule has 0 bridgehead atoms. The van der Waals surface area contributed by atoms with Crippen LogP contribution in [0.15, 0.2) is 24.3 Å². The highest BCUT2D eigenvalue weighted by molar-refractivity contribution is 5.80. The molecule has 1 aliphatic heterocycles. The highest BCUT2D eigenvalue weighted by Crippen LogP contribution is 2.19. The lowest BCUT2D eigenvalue weighted by atomic mass is 10.1. The molecule has 1 atom stereocenters. The van der Waals surface area contributed by atoms with Crippen molar-refractivity contribution in [1.29, 1.82) is 0 Å². The standard InChI is InChI=1S/C18H25FN2O3/c1-18(2,3)24-17(23)21-10-8-14(12-21)16(22)20-9-7-13-5-4-6-15(19)11-13/h4-6,11,14H,7-10,12H2,1-3H3,(H,20,22). The molecule has 0 aliphatic carbocycles. The smallest absolute Gasteiger partial charge is 0.410 e. The Kier molecular flexibility index (Phi) is 5.80. The van der Waals surface area contributed by atoms with Gasteiger partial charge in [0.05, 0.1) is 5.92 Å². The van der Waals surface area contributed by atoms with Gasteiger partial charge in [0.15, 0.2) is 0 Å². The molecule has 0 spiro atoms. The zero-order valence-corrected chi connectivity index (χ0v) is 14.5. The van der Waals surface area contributed by atoms with Gasteiger partial charge < -0.3 is 15.0 Å². The number of carbonyl (C=O) groups excluding carboxylic acids is 2. The van der Waals surface area contributed by atoms with Crippen LogP contribution in [0, 0.1) is 11.7 Å². The van der Waals surface area contributed by atoms with Crippen molar-refractivity contribution in [3.63, 3.8) is 0 Å². The summed E-state index contributed by atoms with van der Waals surface area (Å²) >= 11 is 0. The number of nitrogens with zero attached hydrogens (tertiary/aromatic N) is 1. The molecule has 1 aromatic carbocycles.